The highest BCUT2D eigenvalue weighted by Crippen LogP contribution is 2.40. The topological polar surface area (TPSA) is 74.3 Å². The molecule has 0 aliphatic heterocycles. The zero-order valence-electron chi connectivity index (χ0n) is 12.8. The van der Waals surface area contributed by atoms with Gasteiger partial charge in [0.05, 0.1) is 11.4 Å². The van der Waals surface area contributed by atoms with Gasteiger partial charge in [0.15, 0.2) is 11.0 Å². The van der Waals surface area contributed by atoms with Gasteiger partial charge in [0, 0.05) is 12.5 Å². The first-order chi connectivity index (χ1) is 11.4. The second kappa shape index (κ2) is 6.11. The zero-order valence-corrected chi connectivity index (χ0v) is 13.6. The summed E-state index contributed by atoms with van der Waals surface area (Å²) in [5.74, 6) is 3.19. The van der Waals surface area contributed by atoms with Gasteiger partial charge in [-0.1, -0.05) is 30.0 Å². The van der Waals surface area contributed by atoms with Crippen molar-refractivity contribution >= 4 is 11.8 Å². The molecule has 118 valence electrons. The van der Waals surface area contributed by atoms with E-state index in [1.165, 1.54) is 12.8 Å². The number of para-hydroxylation sites is 1. The first-order valence-corrected chi connectivity index (χ1v) is 8.74. The lowest BCUT2D eigenvalue weighted by atomic mass is 10.3. The Bertz CT molecular complexity index is 791. The fourth-order valence-electron chi connectivity index (χ4n) is 2.54. The molecule has 8 heteroatoms. The van der Waals surface area contributed by atoms with E-state index in [0.717, 1.165) is 29.0 Å². The Hall–Kier alpha value is -2.22. The first kappa shape index (κ1) is 14.4. The molecule has 0 amide bonds. The van der Waals surface area contributed by atoms with Crippen molar-refractivity contribution in [2.45, 2.75) is 43.1 Å². The van der Waals surface area contributed by atoms with E-state index in [1.54, 1.807) is 16.4 Å². The standard InChI is InChI=1S/C15H17N7S/c1-2-21-14(11-8-9-11)17-18-15(21)23-10-13-16-19-20-22(13)12-6-4-3-5-7-12/h3-7,11H,2,8-10H2,1H3. The van der Waals surface area contributed by atoms with Crippen LogP contribution in [0.3, 0.4) is 0 Å². The summed E-state index contributed by atoms with van der Waals surface area (Å²) in [6.07, 6.45) is 2.46. The predicted molar refractivity (Wildman–Crippen MR) is 86.4 cm³/mol. The second-order valence-corrected chi connectivity index (χ2v) is 6.43. The van der Waals surface area contributed by atoms with E-state index in [-0.39, 0.29) is 0 Å². The van der Waals surface area contributed by atoms with Crippen LogP contribution in [0.4, 0.5) is 0 Å². The maximum atomic E-state index is 4.36. The molecule has 0 unspecified atom stereocenters. The predicted octanol–water partition coefficient (Wildman–Crippen LogP) is 2.44. The summed E-state index contributed by atoms with van der Waals surface area (Å²) in [6, 6.07) is 9.91. The molecular formula is C15H17N7S. The number of hydrogen-bond acceptors (Lipinski definition) is 6. The van der Waals surface area contributed by atoms with Gasteiger partial charge in [-0.15, -0.1) is 15.3 Å². The van der Waals surface area contributed by atoms with E-state index < -0.39 is 0 Å². The number of hydrogen-bond donors (Lipinski definition) is 0. The molecule has 0 atom stereocenters. The summed E-state index contributed by atoms with van der Waals surface area (Å²) in [4.78, 5) is 0. The Labute approximate surface area is 138 Å². The lowest BCUT2D eigenvalue weighted by molar-refractivity contribution is 0.643. The van der Waals surface area contributed by atoms with Gasteiger partial charge in [-0.25, -0.2) is 0 Å². The fourth-order valence-corrected chi connectivity index (χ4v) is 3.46. The van der Waals surface area contributed by atoms with Crippen molar-refractivity contribution in [3.05, 3.63) is 42.0 Å². The summed E-state index contributed by atoms with van der Waals surface area (Å²) >= 11 is 1.63. The summed E-state index contributed by atoms with van der Waals surface area (Å²) in [7, 11) is 0. The molecule has 23 heavy (non-hydrogen) atoms. The number of aromatic nitrogens is 7. The van der Waals surface area contributed by atoms with Gasteiger partial charge in [0.2, 0.25) is 0 Å². The van der Waals surface area contributed by atoms with Crippen molar-refractivity contribution in [2.24, 2.45) is 0 Å². The van der Waals surface area contributed by atoms with Gasteiger partial charge in [-0.3, -0.25) is 0 Å². The minimum Gasteiger partial charge on any atom is -0.306 e. The normalized spacial score (nSPS) is 14.3. The molecule has 0 N–H and O–H groups in total. The molecule has 4 rings (SSSR count). The van der Waals surface area contributed by atoms with E-state index in [1.807, 2.05) is 30.3 Å². The number of nitrogens with zero attached hydrogens (tertiary/aromatic N) is 7. The van der Waals surface area contributed by atoms with Crippen molar-refractivity contribution in [1.82, 2.24) is 35.0 Å². The van der Waals surface area contributed by atoms with E-state index in [9.17, 15) is 0 Å². The zero-order chi connectivity index (χ0) is 15.6. The van der Waals surface area contributed by atoms with Crippen molar-refractivity contribution in [1.29, 1.82) is 0 Å². The molecule has 1 aromatic carbocycles. The molecule has 2 heterocycles. The third kappa shape index (κ3) is 2.86. The number of benzene rings is 1. The van der Waals surface area contributed by atoms with Crippen molar-refractivity contribution in [3.63, 3.8) is 0 Å². The summed E-state index contributed by atoms with van der Waals surface area (Å²) in [5, 5.41) is 21.7. The Morgan fingerprint density at radius 2 is 1.96 bits per heavy atom. The number of thioether (sulfide) groups is 1. The molecule has 0 spiro atoms. The summed E-state index contributed by atoms with van der Waals surface area (Å²) in [6.45, 7) is 3.03. The van der Waals surface area contributed by atoms with Crippen molar-refractivity contribution < 1.29 is 0 Å². The molecule has 1 saturated carbocycles. The smallest absolute Gasteiger partial charge is 0.191 e. The molecule has 1 fully saturated rings. The molecule has 1 aliphatic carbocycles. The monoisotopic (exact) mass is 327 g/mol. The third-order valence-corrected chi connectivity index (χ3v) is 4.83. The highest BCUT2D eigenvalue weighted by Gasteiger charge is 2.30. The quantitative estimate of drug-likeness (QED) is 0.647. The average molecular weight is 327 g/mol. The van der Waals surface area contributed by atoms with E-state index >= 15 is 0 Å². The summed E-state index contributed by atoms with van der Waals surface area (Å²) < 4.78 is 3.97. The molecule has 0 bridgehead atoms. The first-order valence-electron chi connectivity index (χ1n) is 7.75. The van der Waals surface area contributed by atoms with Crippen LogP contribution < -0.4 is 0 Å². The van der Waals surface area contributed by atoms with Crippen LogP contribution in [-0.2, 0) is 12.3 Å². The van der Waals surface area contributed by atoms with Crippen molar-refractivity contribution in [3.8, 4) is 5.69 Å². The molecule has 7 nitrogen and oxygen atoms in total. The molecule has 0 saturated heterocycles. The molecule has 1 aliphatic rings. The second-order valence-electron chi connectivity index (χ2n) is 5.49. The van der Waals surface area contributed by atoms with E-state index in [4.69, 9.17) is 0 Å². The Kier molecular flexibility index (Phi) is 3.82. The van der Waals surface area contributed by atoms with Gasteiger partial charge < -0.3 is 4.57 Å². The molecule has 3 aromatic rings. The van der Waals surface area contributed by atoms with Crippen LogP contribution in [0.25, 0.3) is 5.69 Å². The highest BCUT2D eigenvalue weighted by molar-refractivity contribution is 7.98. The molecule has 0 radical (unpaired) electrons. The van der Waals surface area contributed by atoms with Crippen LogP contribution in [0.15, 0.2) is 35.5 Å². The van der Waals surface area contributed by atoms with Crippen LogP contribution >= 0.6 is 11.8 Å². The number of tetrazole rings is 1. The van der Waals surface area contributed by atoms with Crippen LogP contribution in [0.2, 0.25) is 0 Å². The minimum atomic E-state index is 0.603. The lowest BCUT2D eigenvalue weighted by Gasteiger charge is -2.06. The van der Waals surface area contributed by atoms with Gasteiger partial charge in [0.25, 0.3) is 0 Å². The van der Waals surface area contributed by atoms with Gasteiger partial charge >= 0.3 is 0 Å². The van der Waals surface area contributed by atoms with Gasteiger partial charge in [-0.05, 0) is 42.3 Å². The maximum absolute atomic E-state index is 4.36. The number of rotatable bonds is 6. The molecule has 2 aromatic heterocycles. The van der Waals surface area contributed by atoms with Crippen LogP contribution in [-0.4, -0.2) is 35.0 Å². The molecular weight excluding hydrogens is 310 g/mol. The van der Waals surface area contributed by atoms with E-state index in [0.29, 0.717) is 11.7 Å². The van der Waals surface area contributed by atoms with E-state index in [2.05, 4.69) is 37.2 Å². The SMILES string of the molecule is CCn1c(SCc2nnnn2-c2ccccc2)nnc1C1CC1. The lowest BCUT2D eigenvalue weighted by Crippen LogP contribution is -2.04. The average Bonchev–Trinajstić information content (AvgIpc) is 3.19. The minimum absolute atomic E-state index is 0.603. The maximum Gasteiger partial charge on any atom is 0.191 e. The van der Waals surface area contributed by atoms with Gasteiger partial charge in [0.1, 0.15) is 5.82 Å². The highest BCUT2D eigenvalue weighted by atomic mass is 32.2. The largest absolute Gasteiger partial charge is 0.306 e. The van der Waals surface area contributed by atoms with Crippen molar-refractivity contribution in [2.75, 3.05) is 0 Å². The summed E-state index contributed by atoms with van der Waals surface area (Å²) in [5.41, 5.74) is 0.962. The Morgan fingerprint density at radius 1 is 1.13 bits per heavy atom. The van der Waals surface area contributed by atoms with Crippen LogP contribution in [0.5, 0.6) is 0 Å². The Balaban J connectivity index is 1.53. The van der Waals surface area contributed by atoms with Gasteiger partial charge in [-0.2, -0.15) is 4.68 Å². The van der Waals surface area contributed by atoms with Crippen LogP contribution in [0, 0.1) is 0 Å². The Morgan fingerprint density at radius 3 is 2.70 bits per heavy atom. The third-order valence-electron chi connectivity index (χ3n) is 3.87. The fraction of sp³-hybridized carbons (Fsp3) is 0.400. The van der Waals surface area contributed by atoms with Crippen LogP contribution in [0.1, 0.15) is 37.3 Å².